The summed E-state index contributed by atoms with van der Waals surface area (Å²) in [6, 6.07) is 11.4. The molecule has 0 spiro atoms. The van der Waals surface area contributed by atoms with E-state index in [4.69, 9.17) is 0 Å². The minimum absolute atomic E-state index is 0.156. The van der Waals surface area contributed by atoms with Crippen LogP contribution in [0.4, 0.5) is 5.82 Å². The highest BCUT2D eigenvalue weighted by Crippen LogP contribution is 2.16. The molecule has 2 aromatic heterocycles. The summed E-state index contributed by atoms with van der Waals surface area (Å²) in [7, 11) is 0. The van der Waals surface area contributed by atoms with Crippen molar-refractivity contribution in [2.75, 3.05) is 5.32 Å². The maximum atomic E-state index is 11.4. The molecule has 0 aliphatic rings. The molecule has 0 radical (unpaired) electrons. The average Bonchev–Trinajstić information content (AvgIpc) is 2.44. The Morgan fingerprint density at radius 2 is 2.10 bits per heavy atom. The number of para-hydroxylation sites is 1. The van der Waals surface area contributed by atoms with Crippen LogP contribution in [0.5, 0.6) is 0 Å². The molecule has 0 unspecified atom stereocenters. The van der Waals surface area contributed by atoms with Crippen molar-refractivity contribution in [1.82, 2.24) is 15.0 Å². The molecule has 0 fully saturated rings. The molecule has 3 aromatic rings. The Morgan fingerprint density at radius 3 is 2.95 bits per heavy atom. The maximum Gasteiger partial charge on any atom is 0.252 e. The lowest BCUT2D eigenvalue weighted by molar-refractivity contribution is 0.998. The number of nitrogens with zero attached hydrogens (tertiary/aromatic N) is 2. The van der Waals surface area contributed by atoms with E-state index in [1.54, 1.807) is 13.1 Å². The van der Waals surface area contributed by atoms with E-state index in [2.05, 4.69) is 20.3 Å². The number of hydrogen-bond donors (Lipinski definition) is 2. The molecule has 0 bridgehead atoms. The first-order valence-electron chi connectivity index (χ1n) is 6.37. The maximum absolute atomic E-state index is 11.4. The van der Waals surface area contributed by atoms with E-state index >= 15 is 0 Å². The highest BCUT2D eigenvalue weighted by Gasteiger charge is 2.03. The highest BCUT2D eigenvalue weighted by molar-refractivity contribution is 5.81. The van der Waals surface area contributed by atoms with Crippen molar-refractivity contribution in [1.29, 1.82) is 0 Å². The number of fused-ring (bicyclic) bond motifs is 1. The fourth-order valence-electron chi connectivity index (χ4n) is 2.17. The van der Waals surface area contributed by atoms with E-state index in [-0.39, 0.29) is 5.56 Å². The van der Waals surface area contributed by atoms with Crippen LogP contribution in [0.2, 0.25) is 0 Å². The van der Waals surface area contributed by atoms with Gasteiger partial charge in [-0.05, 0) is 18.6 Å². The van der Waals surface area contributed by atoms with Gasteiger partial charge in [0, 0.05) is 24.2 Å². The zero-order chi connectivity index (χ0) is 13.9. The number of benzene rings is 1. The van der Waals surface area contributed by atoms with E-state index in [0.29, 0.717) is 18.2 Å². The fourth-order valence-corrected chi connectivity index (χ4v) is 2.17. The summed E-state index contributed by atoms with van der Waals surface area (Å²) < 4.78 is 0. The van der Waals surface area contributed by atoms with Crippen LogP contribution in [-0.4, -0.2) is 15.0 Å². The van der Waals surface area contributed by atoms with Crippen molar-refractivity contribution in [3.05, 3.63) is 64.3 Å². The first-order valence-corrected chi connectivity index (χ1v) is 6.37. The molecule has 20 heavy (non-hydrogen) atoms. The summed E-state index contributed by atoms with van der Waals surface area (Å²) in [5.74, 6) is 1.16. The second-order valence-corrected chi connectivity index (χ2v) is 4.56. The molecular weight excluding hydrogens is 252 g/mol. The van der Waals surface area contributed by atoms with Crippen molar-refractivity contribution in [2.24, 2.45) is 0 Å². The number of hydrogen-bond acceptors (Lipinski definition) is 4. The van der Waals surface area contributed by atoms with Crippen molar-refractivity contribution in [2.45, 2.75) is 13.5 Å². The normalized spacial score (nSPS) is 10.7. The van der Waals surface area contributed by atoms with Gasteiger partial charge in [-0.3, -0.25) is 9.78 Å². The fraction of sp³-hybridized carbons (Fsp3) is 0.133. The van der Waals surface area contributed by atoms with E-state index in [0.717, 1.165) is 16.5 Å². The molecule has 2 N–H and O–H groups in total. The van der Waals surface area contributed by atoms with Crippen LogP contribution in [0.1, 0.15) is 11.4 Å². The molecule has 2 heterocycles. The van der Waals surface area contributed by atoms with Crippen LogP contribution in [-0.2, 0) is 6.54 Å². The molecule has 5 nitrogen and oxygen atoms in total. The summed E-state index contributed by atoms with van der Waals surface area (Å²) in [6.07, 6.45) is 1.78. The second kappa shape index (κ2) is 5.13. The number of rotatable bonds is 3. The Bertz CT molecular complexity index is 805. The summed E-state index contributed by atoms with van der Waals surface area (Å²) in [5.41, 5.74) is 1.88. The predicted octanol–water partition coefficient (Wildman–Crippen LogP) is 2.24. The van der Waals surface area contributed by atoms with Crippen LogP contribution in [0.3, 0.4) is 0 Å². The first kappa shape index (κ1) is 12.3. The Balaban J connectivity index is 1.88. The van der Waals surface area contributed by atoms with Crippen molar-refractivity contribution in [3.8, 4) is 0 Å². The number of aryl methyl sites for hydroxylation is 1. The van der Waals surface area contributed by atoms with Gasteiger partial charge in [-0.2, -0.15) is 0 Å². The molecule has 0 amide bonds. The van der Waals surface area contributed by atoms with E-state index in [1.165, 1.54) is 6.07 Å². The summed E-state index contributed by atoms with van der Waals surface area (Å²) in [4.78, 5) is 22.6. The largest absolute Gasteiger partial charge is 0.366 e. The zero-order valence-corrected chi connectivity index (χ0v) is 11.1. The van der Waals surface area contributed by atoms with Gasteiger partial charge >= 0.3 is 0 Å². The van der Waals surface area contributed by atoms with Gasteiger partial charge in [-0.25, -0.2) is 4.98 Å². The number of aromatic amines is 1. The Labute approximate surface area is 115 Å². The van der Waals surface area contributed by atoms with Crippen LogP contribution in [0, 0.1) is 6.92 Å². The van der Waals surface area contributed by atoms with Gasteiger partial charge in [0.05, 0.1) is 5.52 Å². The lowest BCUT2D eigenvalue weighted by Crippen LogP contribution is -2.12. The van der Waals surface area contributed by atoms with Crippen molar-refractivity contribution in [3.63, 3.8) is 0 Å². The Hall–Kier alpha value is -2.69. The second-order valence-electron chi connectivity index (χ2n) is 4.56. The Kier molecular flexibility index (Phi) is 3.16. The first-order chi connectivity index (χ1) is 9.72. The summed E-state index contributed by atoms with van der Waals surface area (Å²) >= 11 is 0. The summed E-state index contributed by atoms with van der Waals surface area (Å²) in [5, 5.41) is 4.26. The number of H-pyrrole nitrogens is 1. The van der Waals surface area contributed by atoms with Gasteiger partial charge in [-0.1, -0.05) is 24.3 Å². The summed E-state index contributed by atoms with van der Waals surface area (Å²) in [6.45, 7) is 2.33. The highest BCUT2D eigenvalue weighted by atomic mass is 16.1. The van der Waals surface area contributed by atoms with Gasteiger partial charge in [0.2, 0.25) is 0 Å². The van der Waals surface area contributed by atoms with E-state index < -0.39 is 0 Å². The third-order valence-electron chi connectivity index (χ3n) is 3.04. The molecule has 100 valence electrons. The molecule has 0 aliphatic heterocycles. The number of nitrogens with one attached hydrogen (secondary N) is 2. The molecule has 0 saturated heterocycles. The predicted molar refractivity (Wildman–Crippen MR) is 78.7 cm³/mol. The minimum Gasteiger partial charge on any atom is -0.366 e. The third kappa shape index (κ3) is 2.51. The molecule has 0 aliphatic carbocycles. The van der Waals surface area contributed by atoms with Crippen LogP contribution in [0.25, 0.3) is 10.9 Å². The van der Waals surface area contributed by atoms with Crippen molar-refractivity contribution < 1.29 is 0 Å². The van der Waals surface area contributed by atoms with Gasteiger partial charge in [-0.15, -0.1) is 0 Å². The average molecular weight is 266 g/mol. The van der Waals surface area contributed by atoms with Gasteiger partial charge < -0.3 is 10.3 Å². The van der Waals surface area contributed by atoms with Gasteiger partial charge in [0.15, 0.2) is 0 Å². The zero-order valence-electron chi connectivity index (χ0n) is 11.1. The minimum atomic E-state index is -0.156. The molecular formula is C15H14N4O. The topological polar surface area (TPSA) is 70.7 Å². The molecule has 3 rings (SSSR count). The van der Waals surface area contributed by atoms with E-state index in [9.17, 15) is 4.79 Å². The SMILES string of the molecule is Cc1nc(NCc2cccc3cccnc23)cc(=O)[nH]1. The van der Waals surface area contributed by atoms with Crippen LogP contribution >= 0.6 is 0 Å². The standard InChI is InChI=1S/C15H14N4O/c1-10-18-13(8-14(20)19-10)17-9-12-5-2-4-11-6-3-7-16-15(11)12/h2-8H,9H2,1H3,(H2,17,18,19,20). The van der Waals surface area contributed by atoms with E-state index in [1.807, 2.05) is 30.3 Å². The molecule has 0 saturated carbocycles. The van der Waals surface area contributed by atoms with Crippen molar-refractivity contribution >= 4 is 16.7 Å². The number of pyridine rings is 1. The monoisotopic (exact) mass is 266 g/mol. The molecule has 1 aromatic carbocycles. The van der Waals surface area contributed by atoms with Gasteiger partial charge in [0.25, 0.3) is 5.56 Å². The number of aromatic nitrogens is 3. The smallest absolute Gasteiger partial charge is 0.252 e. The number of anilines is 1. The lowest BCUT2D eigenvalue weighted by atomic mass is 10.1. The van der Waals surface area contributed by atoms with Crippen LogP contribution in [0.15, 0.2) is 47.4 Å². The van der Waals surface area contributed by atoms with Gasteiger partial charge in [0.1, 0.15) is 11.6 Å². The lowest BCUT2D eigenvalue weighted by Gasteiger charge is -2.08. The quantitative estimate of drug-likeness (QED) is 0.762. The third-order valence-corrected chi connectivity index (χ3v) is 3.04. The Morgan fingerprint density at radius 1 is 1.25 bits per heavy atom. The molecule has 0 atom stereocenters. The molecule has 5 heteroatoms. The van der Waals surface area contributed by atoms with Crippen LogP contribution < -0.4 is 10.9 Å².